The van der Waals surface area contributed by atoms with Gasteiger partial charge in [0, 0.05) is 5.88 Å². The molecule has 1 nitrogen and oxygen atoms in total. The summed E-state index contributed by atoms with van der Waals surface area (Å²) in [7, 11) is 4.16. The van der Waals surface area contributed by atoms with E-state index in [2.05, 4.69) is 50.2 Å². The second-order valence-electron chi connectivity index (χ2n) is 3.78. The molecule has 0 aliphatic heterocycles. The molecule has 0 aromatic heterocycles. The summed E-state index contributed by atoms with van der Waals surface area (Å²) in [5.74, 6) is 0.626. The molecule has 0 spiro atoms. The summed E-state index contributed by atoms with van der Waals surface area (Å²) in [6, 6.07) is 10.5. The third-order valence-corrected chi connectivity index (χ3v) is 3.42. The zero-order chi connectivity index (χ0) is 10.6. The van der Waals surface area contributed by atoms with Crippen LogP contribution in [0.3, 0.4) is 0 Å². The zero-order valence-electron chi connectivity index (χ0n) is 9.13. The van der Waals surface area contributed by atoms with Gasteiger partial charge in [-0.1, -0.05) is 37.3 Å². The van der Waals surface area contributed by atoms with E-state index in [4.69, 9.17) is 11.6 Å². The Labute approximate surface area is 91.7 Å². The van der Waals surface area contributed by atoms with Gasteiger partial charge < -0.3 is 0 Å². The van der Waals surface area contributed by atoms with Crippen LogP contribution in [0, 0.1) is 0 Å². The van der Waals surface area contributed by atoms with Crippen LogP contribution < -0.4 is 0 Å². The van der Waals surface area contributed by atoms with Crippen LogP contribution in [0.25, 0.3) is 0 Å². The van der Waals surface area contributed by atoms with E-state index in [1.807, 2.05) is 6.07 Å². The number of halogens is 1. The molecule has 14 heavy (non-hydrogen) atoms. The molecule has 0 amide bonds. The van der Waals surface area contributed by atoms with Crippen molar-refractivity contribution in [3.05, 3.63) is 35.9 Å². The Balaban J connectivity index is 3.11. The van der Waals surface area contributed by atoms with Crippen molar-refractivity contribution < 1.29 is 0 Å². The van der Waals surface area contributed by atoms with E-state index >= 15 is 0 Å². The first-order valence-corrected chi connectivity index (χ1v) is 5.49. The number of alkyl halides is 1. The molecule has 1 atom stereocenters. The van der Waals surface area contributed by atoms with Crippen molar-refractivity contribution in [1.82, 2.24) is 4.90 Å². The van der Waals surface area contributed by atoms with E-state index in [0.717, 1.165) is 6.42 Å². The average molecular weight is 212 g/mol. The Bertz CT molecular complexity index is 265. The monoisotopic (exact) mass is 211 g/mol. The van der Waals surface area contributed by atoms with Gasteiger partial charge in [0.2, 0.25) is 0 Å². The molecule has 0 radical (unpaired) electrons. The molecule has 1 unspecified atom stereocenters. The van der Waals surface area contributed by atoms with Gasteiger partial charge in [-0.05, 0) is 26.1 Å². The Kier molecular flexibility index (Phi) is 3.97. The molecule has 0 heterocycles. The first kappa shape index (κ1) is 11.5. The summed E-state index contributed by atoms with van der Waals surface area (Å²) >= 11 is 6.11. The molecule has 1 rings (SSSR count). The van der Waals surface area contributed by atoms with E-state index in [0.29, 0.717) is 5.88 Å². The molecule has 2 heteroatoms. The predicted molar refractivity (Wildman–Crippen MR) is 62.8 cm³/mol. The van der Waals surface area contributed by atoms with Crippen molar-refractivity contribution in [2.45, 2.75) is 18.9 Å². The van der Waals surface area contributed by atoms with Crippen molar-refractivity contribution in [2.24, 2.45) is 0 Å². The average Bonchev–Trinajstić information content (AvgIpc) is 2.22. The number of rotatable bonds is 4. The Morgan fingerprint density at radius 1 is 1.21 bits per heavy atom. The highest BCUT2D eigenvalue weighted by Crippen LogP contribution is 2.31. The van der Waals surface area contributed by atoms with E-state index in [-0.39, 0.29) is 5.54 Å². The van der Waals surface area contributed by atoms with Gasteiger partial charge >= 0.3 is 0 Å². The molecule has 0 N–H and O–H groups in total. The van der Waals surface area contributed by atoms with Gasteiger partial charge in [0.1, 0.15) is 0 Å². The van der Waals surface area contributed by atoms with Crippen LogP contribution >= 0.6 is 11.6 Å². The molecular formula is C12H18ClN. The first-order chi connectivity index (χ1) is 6.67. The Hall–Kier alpha value is -0.530. The van der Waals surface area contributed by atoms with Gasteiger partial charge in [0.25, 0.3) is 0 Å². The van der Waals surface area contributed by atoms with Crippen molar-refractivity contribution in [2.75, 3.05) is 20.0 Å². The predicted octanol–water partition coefficient (Wildman–Crippen LogP) is 3.09. The summed E-state index contributed by atoms with van der Waals surface area (Å²) in [5.41, 5.74) is 1.27. The minimum absolute atomic E-state index is 0.0250. The Morgan fingerprint density at radius 3 is 2.14 bits per heavy atom. The number of hydrogen-bond acceptors (Lipinski definition) is 1. The van der Waals surface area contributed by atoms with Crippen LogP contribution in [0.2, 0.25) is 0 Å². The molecule has 0 fully saturated rings. The molecule has 78 valence electrons. The highest BCUT2D eigenvalue weighted by atomic mass is 35.5. The van der Waals surface area contributed by atoms with Crippen molar-refractivity contribution in [1.29, 1.82) is 0 Å². The highest BCUT2D eigenvalue weighted by molar-refractivity contribution is 6.18. The van der Waals surface area contributed by atoms with Gasteiger partial charge in [-0.2, -0.15) is 0 Å². The summed E-state index contributed by atoms with van der Waals surface area (Å²) in [6.07, 6.45) is 1.02. The molecule has 0 aliphatic carbocycles. The summed E-state index contributed by atoms with van der Waals surface area (Å²) < 4.78 is 0. The third-order valence-electron chi connectivity index (χ3n) is 2.97. The van der Waals surface area contributed by atoms with Crippen LogP contribution in [-0.2, 0) is 5.54 Å². The lowest BCUT2D eigenvalue weighted by atomic mass is 9.88. The van der Waals surface area contributed by atoms with E-state index < -0.39 is 0 Å². The van der Waals surface area contributed by atoms with Gasteiger partial charge in [-0.15, -0.1) is 11.6 Å². The summed E-state index contributed by atoms with van der Waals surface area (Å²) in [6.45, 7) is 2.18. The van der Waals surface area contributed by atoms with Crippen LogP contribution in [0.5, 0.6) is 0 Å². The Morgan fingerprint density at radius 2 is 1.79 bits per heavy atom. The maximum absolute atomic E-state index is 6.11. The largest absolute Gasteiger partial charge is 0.299 e. The number of nitrogens with zero attached hydrogens (tertiary/aromatic N) is 1. The SMILES string of the molecule is CCC(CCl)(c1ccccc1)N(C)C. The second-order valence-corrected chi connectivity index (χ2v) is 4.05. The fourth-order valence-corrected chi connectivity index (χ4v) is 2.40. The van der Waals surface area contributed by atoms with Gasteiger partial charge in [-0.3, -0.25) is 4.90 Å². The molecule has 0 saturated heterocycles. The van der Waals surface area contributed by atoms with Crippen molar-refractivity contribution >= 4 is 11.6 Å². The third kappa shape index (κ3) is 1.94. The van der Waals surface area contributed by atoms with Crippen LogP contribution in [0.4, 0.5) is 0 Å². The molecule has 1 aromatic rings. The van der Waals surface area contributed by atoms with Gasteiger partial charge in [0.15, 0.2) is 0 Å². The summed E-state index contributed by atoms with van der Waals surface area (Å²) in [4.78, 5) is 2.20. The molecular weight excluding hydrogens is 194 g/mol. The maximum atomic E-state index is 6.11. The highest BCUT2D eigenvalue weighted by Gasteiger charge is 2.31. The zero-order valence-corrected chi connectivity index (χ0v) is 9.88. The van der Waals surface area contributed by atoms with E-state index in [1.54, 1.807) is 0 Å². The molecule has 0 aliphatic rings. The fraction of sp³-hybridized carbons (Fsp3) is 0.500. The van der Waals surface area contributed by atoms with Gasteiger partial charge in [-0.25, -0.2) is 0 Å². The molecule has 1 aromatic carbocycles. The van der Waals surface area contributed by atoms with Crippen molar-refractivity contribution in [3.63, 3.8) is 0 Å². The lowest BCUT2D eigenvalue weighted by Gasteiger charge is -2.38. The number of benzene rings is 1. The van der Waals surface area contributed by atoms with E-state index in [9.17, 15) is 0 Å². The first-order valence-electron chi connectivity index (χ1n) is 4.96. The molecule has 0 saturated carbocycles. The van der Waals surface area contributed by atoms with Crippen LogP contribution in [0.15, 0.2) is 30.3 Å². The lowest BCUT2D eigenvalue weighted by Crippen LogP contribution is -2.42. The normalized spacial score (nSPS) is 15.5. The smallest absolute Gasteiger partial charge is 0.0589 e. The lowest BCUT2D eigenvalue weighted by molar-refractivity contribution is 0.172. The topological polar surface area (TPSA) is 3.24 Å². The fourth-order valence-electron chi connectivity index (χ4n) is 1.82. The standard InChI is InChI=1S/C12H18ClN/c1-4-12(10-13,14(2)3)11-8-6-5-7-9-11/h5-9H,4,10H2,1-3H3. The van der Waals surface area contributed by atoms with E-state index in [1.165, 1.54) is 5.56 Å². The minimum Gasteiger partial charge on any atom is -0.299 e. The van der Waals surface area contributed by atoms with Crippen LogP contribution in [-0.4, -0.2) is 24.9 Å². The number of hydrogen-bond donors (Lipinski definition) is 0. The quantitative estimate of drug-likeness (QED) is 0.692. The van der Waals surface area contributed by atoms with Gasteiger partial charge in [0.05, 0.1) is 5.54 Å². The summed E-state index contributed by atoms with van der Waals surface area (Å²) in [5, 5.41) is 0. The van der Waals surface area contributed by atoms with Crippen LogP contribution in [0.1, 0.15) is 18.9 Å². The minimum atomic E-state index is -0.0250. The second kappa shape index (κ2) is 4.81. The molecule has 0 bridgehead atoms. The van der Waals surface area contributed by atoms with Crippen molar-refractivity contribution in [3.8, 4) is 0 Å². The maximum Gasteiger partial charge on any atom is 0.0589 e.